The van der Waals surface area contributed by atoms with E-state index in [1.54, 1.807) is 31.2 Å². The van der Waals surface area contributed by atoms with Crippen molar-refractivity contribution in [1.29, 1.82) is 0 Å². The fraction of sp³-hybridized carbons (Fsp3) is 0.211. The molecule has 0 spiro atoms. The molecule has 0 bridgehead atoms. The molecule has 6 heteroatoms. The molecular weight excluding hydrogens is 338 g/mol. The highest BCUT2D eigenvalue weighted by Gasteiger charge is 2.14. The van der Waals surface area contributed by atoms with Gasteiger partial charge in [0.05, 0.1) is 16.9 Å². The van der Waals surface area contributed by atoms with Crippen LogP contribution in [0.3, 0.4) is 0 Å². The molecule has 1 N–H and O–H groups in total. The van der Waals surface area contributed by atoms with Crippen LogP contribution in [0.2, 0.25) is 5.02 Å². The summed E-state index contributed by atoms with van der Waals surface area (Å²) in [6.45, 7) is 3.52. The maximum atomic E-state index is 12.6. The van der Waals surface area contributed by atoms with Crippen LogP contribution in [0.15, 0.2) is 53.3 Å². The Bertz CT molecular complexity index is 997. The van der Waals surface area contributed by atoms with E-state index in [0.29, 0.717) is 21.7 Å². The minimum absolute atomic E-state index is 0.0760. The third-order valence-electron chi connectivity index (χ3n) is 4.08. The summed E-state index contributed by atoms with van der Waals surface area (Å²) < 4.78 is 1.39. The van der Waals surface area contributed by atoms with E-state index in [0.717, 1.165) is 5.56 Å². The maximum Gasteiger partial charge on any atom is 0.261 e. The van der Waals surface area contributed by atoms with E-state index in [1.165, 1.54) is 4.57 Å². The maximum absolute atomic E-state index is 12.6. The van der Waals surface area contributed by atoms with Crippen molar-refractivity contribution < 1.29 is 4.79 Å². The van der Waals surface area contributed by atoms with Crippen LogP contribution in [0.1, 0.15) is 24.4 Å². The van der Waals surface area contributed by atoms with E-state index < -0.39 is 0 Å². The molecule has 0 aliphatic heterocycles. The number of aryl methyl sites for hydroxylation is 1. The van der Waals surface area contributed by atoms with E-state index in [2.05, 4.69) is 10.3 Å². The smallest absolute Gasteiger partial charge is 0.261 e. The van der Waals surface area contributed by atoms with Crippen LogP contribution in [0.25, 0.3) is 10.9 Å². The second kappa shape index (κ2) is 7.07. The molecule has 1 atom stereocenters. The van der Waals surface area contributed by atoms with E-state index in [1.807, 2.05) is 31.2 Å². The Morgan fingerprint density at radius 3 is 2.76 bits per heavy atom. The van der Waals surface area contributed by atoms with Crippen molar-refractivity contribution in [1.82, 2.24) is 14.9 Å². The lowest BCUT2D eigenvalue weighted by molar-refractivity contribution is -0.122. The number of hydrogen-bond donors (Lipinski definition) is 1. The van der Waals surface area contributed by atoms with Crippen LogP contribution >= 0.6 is 11.6 Å². The summed E-state index contributed by atoms with van der Waals surface area (Å²) in [4.78, 5) is 29.4. The third-order valence-corrected chi connectivity index (χ3v) is 4.32. The Kier molecular flexibility index (Phi) is 4.86. The van der Waals surface area contributed by atoms with Crippen molar-refractivity contribution in [2.45, 2.75) is 26.4 Å². The standard InChI is InChI=1S/C19H18ClN3O2/c1-12(14-6-5-7-15(20)10-14)21-18(24)11-23-13(2)22-17-9-4-3-8-16(17)19(23)25/h3-10,12H,11H2,1-2H3,(H,21,24)/t12-/m1/s1. The van der Waals surface area contributed by atoms with Crippen molar-refractivity contribution in [3.63, 3.8) is 0 Å². The fourth-order valence-corrected chi connectivity index (χ4v) is 2.95. The van der Waals surface area contributed by atoms with Gasteiger partial charge in [-0.1, -0.05) is 35.9 Å². The zero-order valence-electron chi connectivity index (χ0n) is 14.0. The summed E-state index contributed by atoms with van der Waals surface area (Å²) in [5, 5.41) is 4.01. The first-order valence-electron chi connectivity index (χ1n) is 7.96. The van der Waals surface area contributed by atoms with Gasteiger partial charge in [0.1, 0.15) is 12.4 Å². The third kappa shape index (κ3) is 3.72. The van der Waals surface area contributed by atoms with Crippen molar-refractivity contribution in [3.05, 3.63) is 75.3 Å². The molecule has 0 saturated carbocycles. The van der Waals surface area contributed by atoms with Gasteiger partial charge in [-0.2, -0.15) is 0 Å². The number of nitrogens with zero attached hydrogens (tertiary/aromatic N) is 2. The summed E-state index contributed by atoms with van der Waals surface area (Å²) in [6, 6.07) is 14.2. The topological polar surface area (TPSA) is 64.0 Å². The number of halogens is 1. The lowest BCUT2D eigenvalue weighted by Gasteiger charge is -2.16. The van der Waals surface area contributed by atoms with E-state index in [-0.39, 0.29) is 24.1 Å². The molecule has 1 aromatic heterocycles. The molecule has 0 saturated heterocycles. The second-order valence-corrected chi connectivity index (χ2v) is 6.35. The molecule has 1 heterocycles. The van der Waals surface area contributed by atoms with Gasteiger partial charge in [0, 0.05) is 5.02 Å². The van der Waals surface area contributed by atoms with Gasteiger partial charge in [0.15, 0.2) is 0 Å². The first kappa shape index (κ1) is 17.2. The predicted molar refractivity (Wildman–Crippen MR) is 98.7 cm³/mol. The predicted octanol–water partition coefficient (Wildman–Crippen LogP) is 3.24. The minimum Gasteiger partial charge on any atom is -0.348 e. The molecule has 5 nitrogen and oxygen atoms in total. The zero-order chi connectivity index (χ0) is 18.0. The molecule has 3 rings (SSSR count). The van der Waals surface area contributed by atoms with Crippen LogP contribution in [-0.4, -0.2) is 15.5 Å². The molecule has 0 radical (unpaired) electrons. The highest BCUT2D eigenvalue weighted by atomic mass is 35.5. The molecule has 3 aromatic rings. The van der Waals surface area contributed by atoms with Crippen molar-refractivity contribution in [3.8, 4) is 0 Å². The number of carbonyl (C=O) groups excluding carboxylic acids is 1. The normalized spacial score (nSPS) is 12.1. The number of aromatic nitrogens is 2. The number of benzene rings is 2. The Labute approximate surface area is 150 Å². The van der Waals surface area contributed by atoms with Crippen LogP contribution in [0.4, 0.5) is 0 Å². The monoisotopic (exact) mass is 355 g/mol. The van der Waals surface area contributed by atoms with E-state index in [4.69, 9.17) is 11.6 Å². The number of amides is 1. The fourth-order valence-electron chi connectivity index (χ4n) is 2.76. The van der Waals surface area contributed by atoms with Crippen LogP contribution in [0, 0.1) is 6.92 Å². The van der Waals surface area contributed by atoms with Gasteiger partial charge < -0.3 is 5.32 Å². The number of fused-ring (bicyclic) bond motifs is 1. The average Bonchev–Trinajstić information content (AvgIpc) is 2.58. The number of hydrogen-bond acceptors (Lipinski definition) is 3. The summed E-state index contributed by atoms with van der Waals surface area (Å²) in [6.07, 6.45) is 0. The van der Waals surface area contributed by atoms with Gasteiger partial charge in [0.25, 0.3) is 5.56 Å². The number of nitrogens with one attached hydrogen (secondary N) is 1. The lowest BCUT2D eigenvalue weighted by atomic mass is 10.1. The lowest BCUT2D eigenvalue weighted by Crippen LogP contribution is -2.35. The Morgan fingerprint density at radius 2 is 2.00 bits per heavy atom. The van der Waals surface area contributed by atoms with Crippen LogP contribution < -0.4 is 10.9 Å². The minimum atomic E-state index is -0.255. The Morgan fingerprint density at radius 1 is 1.24 bits per heavy atom. The van der Waals surface area contributed by atoms with Gasteiger partial charge in [-0.25, -0.2) is 4.98 Å². The Hall–Kier alpha value is -2.66. The molecular formula is C19H18ClN3O2. The molecule has 0 aliphatic carbocycles. The highest BCUT2D eigenvalue weighted by molar-refractivity contribution is 6.30. The van der Waals surface area contributed by atoms with Gasteiger partial charge >= 0.3 is 0 Å². The molecule has 0 fully saturated rings. The molecule has 0 aliphatic rings. The van der Waals surface area contributed by atoms with Crippen LogP contribution in [-0.2, 0) is 11.3 Å². The quantitative estimate of drug-likeness (QED) is 0.781. The average molecular weight is 356 g/mol. The first-order valence-corrected chi connectivity index (χ1v) is 8.34. The van der Waals surface area contributed by atoms with Crippen molar-refractivity contribution in [2.24, 2.45) is 0 Å². The van der Waals surface area contributed by atoms with Crippen LogP contribution in [0.5, 0.6) is 0 Å². The molecule has 2 aromatic carbocycles. The van der Waals surface area contributed by atoms with Gasteiger partial charge in [0.2, 0.25) is 5.91 Å². The van der Waals surface area contributed by atoms with Gasteiger partial charge in [-0.3, -0.25) is 14.2 Å². The molecule has 128 valence electrons. The second-order valence-electron chi connectivity index (χ2n) is 5.91. The number of carbonyl (C=O) groups is 1. The summed E-state index contributed by atoms with van der Waals surface area (Å²) in [5.41, 5.74) is 1.32. The summed E-state index contributed by atoms with van der Waals surface area (Å²) in [5.74, 6) is 0.254. The van der Waals surface area contributed by atoms with E-state index in [9.17, 15) is 9.59 Å². The zero-order valence-corrected chi connectivity index (χ0v) is 14.7. The highest BCUT2D eigenvalue weighted by Crippen LogP contribution is 2.17. The summed E-state index contributed by atoms with van der Waals surface area (Å²) >= 11 is 5.99. The number of rotatable bonds is 4. The summed E-state index contributed by atoms with van der Waals surface area (Å²) in [7, 11) is 0. The molecule has 25 heavy (non-hydrogen) atoms. The molecule has 1 amide bonds. The van der Waals surface area contributed by atoms with Gasteiger partial charge in [-0.05, 0) is 43.7 Å². The first-order chi connectivity index (χ1) is 12.0. The van der Waals surface area contributed by atoms with Gasteiger partial charge in [-0.15, -0.1) is 0 Å². The number of para-hydroxylation sites is 1. The largest absolute Gasteiger partial charge is 0.348 e. The van der Waals surface area contributed by atoms with Crippen molar-refractivity contribution >= 4 is 28.4 Å². The molecule has 0 unspecified atom stereocenters. The SMILES string of the molecule is Cc1nc2ccccc2c(=O)n1CC(=O)N[C@H](C)c1cccc(Cl)c1. The van der Waals surface area contributed by atoms with Crippen molar-refractivity contribution in [2.75, 3.05) is 0 Å². The Balaban J connectivity index is 1.81. The van der Waals surface area contributed by atoms with E-state index >= 15 is 0 Å².